The zero-order chi connectivity index (χ0) is 14.1. The van der Waals surface area contributed by atoms with Gasteiger partial charge < -0.3 is 10.6 Å². The number of halogens is 3. The summed E-state index contributed by atoms with van der Waals surface area (Å²) in [5.41, 5.74) is -0.398. The Morgan fingerprint density at radius 2 is 2.00 bits per heavy atom. The van der Waals surface area contributed by atoms with Gasteiger partial charge in [0, 0.05) is 12.5 Å². The van der Waals surface area contributed by atoms with Crippen LogP contribution in [0.2, 0.25) is 0 Å². The van der Waals surface area contributed by atoms with Crippen LogP contribution in [0.25, 0.3) is 0 Å². The summed E-state index contributed by atoms with van der Waals surface area (Å²) >= 11 is 0. The molecule has 19 heavy (non-hydrogen) atoms. The van der Waals surface area contributed by atoms with Crippen LogP contribution < -0.4 is 10.6 Å². The largest absolute Gasteiger partial charge is 0.392 e. The third-order valence-electron chi connectivity index (χ3n) is 4.32. The lowest BCUT2D eigenvalue weighted by Gasteiger charge is -2.34. The summed E-state index contributed by atoms with van der Waals surface area (Å²) in [6, 6.07) is 0. The molecule has 0 aromatic rings. The van der Waals surface area contributed by atoms with Crippen molar-refractivity contribution in [2.24, 2.45) is 11.8 Å². The maximum atomic E-state index is 13.0. The molecule has 1 aliphatic heterocycles. The Hall–Kier alpha value is -0.780. The standard InChI is InChI=1S/C13H21F3N2O/c1-12(6-7-17-8-12)18-11(19)9-4-2-3-5-10(9)13(14,15)16/h9-10,17H,2-8H2,1H3,(H,18,19). The van der Waals surface area contributed by atoms with Crippen LogP contribution in [0.1, 0.15) is 39.0 Å². The van der Waals surface area contributed by atoms with Crippen LogP contribution in [0.3, 0.4) is 0 Å². The van der Waals surface area contributed by atoms with Crippen molar-refractivity contribution < 1.29 is 18.0 Å². The first-order chi connectivity index (χ1) is 8.82. The lowest BCUT2D eigenvalue weighted by atomic mass is 9.78. The number of amides is 1. The van der Waals surface area contributed by atoms with Gasteiger partial charge in [-0.3, -0.25) is 4.79 Å². The normalized spacial score (nSPS) is 36.2. The molecule has 3 nitrogen and oxygen atoms in total. The molecule has 0 aromatic heterocycles. The predicted molar refractivity (Wildman–Crippen MR) is 65.5 cm³/mol. The molecular formula is C13H21F3N2O. The fourth-order valence-corrected chi connectivity index (χ4v) is 3.15. The molecule has 1 aliphatic carbocycles. The third kappa shape index (κ3) is 3.41. The van der Waals surface area contributed by atoms with E-state index in [9.17, 15) is 18.0 Å². The molecule has 1 amide bonds. The molecule has 2 fully saturated rings. The smallest absolute Gasteiger partial charge is 0.349 e. The minimum atomic E-state index is -4.27. The number of nitrogens with one attached hydrogen (secondary N) is 2. The van der Waals surface area contributed by atoms with Crippen LogP contribution in [0.4, 0.5) is 13.2 Å². The van der Waals surface area contributed by atoms with Crippen molar-refractivity contribution in [1.82, 2.24) is 10.6 Å². The van der Waals surface area contributed by atoms with Crippen LogP contribution in [-0.2, 0) is 4.79 Å². The summed E-state index contributed by atoms with van der Waals surface area (Å²) in [4.78, 5) is 12.2. The zero-order valence-corrected chi connectivity index (χ0v) is 11.1. The SMILES string of the molecule is CC1(NC(=O)C2CCCCC2C(F)(F)F)CCNC1. The quantitative estimate of drug-likeness (QED) is 0.813. The Bertz CT molecular complexity index is 337. The summed E-state index contributed by atoms with van der Waals surface area (Å²) in [5.74, 6) is -2.81. The van der Waals surface area contributed by atoms with Gasteiger partial charge in [0.2, 0.25) is 5.91 Å². The van der Waals surface area contributed by atoms with Crippen molar-refractivity contribution in [2.45, 2.75) is 50.7 Å². The summed E-state index contributed by atoms with van der Waals surface area (Å²) < 4.78 is 38.9. The van der Waals surface area contributed by atoms with E-state index in [1.54, 1.807) is 0 Å². The first-order valence-corrected chi connectivity index (χ1v) is 6.91. The van der Waals surface area contributed by atoms with Crippen molar-refractivity contribution in [2.75, 3.05) is 13.1 Å². The van der Waals surface area contributed by atoms with E-state index in [1.807, 2.05) is 6.92 Å². The number of alkyl halides is 3. The molecule has 1 saturated heterocycles. The highest BCUT2D eigenvalue weighted by atomic mass is 19.4. The number of hydrogen-bond donors (Lipinski definition) is 2. The topological polar surface area (TPSA) is 41.1 Å². The molecule has 1 saturated carbocycles. The first kappa shape index (κ1) is 14.6. The summed E-state index contributed by atoms with van der Waals surface area (Å²) in [7, 11) is 0. The van der Waals surface area contributed by atoms with Gasteiger partial charge in [-0.2, -0.15) is 13.2 Å². The van der Waals surface area contributed by atoms with Gasteiger partial charge in [-0.1, -0.05) is 12.8 Å². The summed E-state index contributed by atoms with van der Waals surface area (Å²) in [5, 5.41) is 5.95. The number of carbonyl (C=O) groups is 1. The Balaban J connectivity index is 2.03. The van der Waals surface area contributed by atoms with E-state index in [2.05, 4.69) is 10.6 Å². The molecule has 0 spiro atoms. The lowest BCUT2D eigenvalue weighted by Crippen LogP contribution is -2.52. The molecular weight excluding hydrogens is 257 g/mol. The summed E-state index contributed by atoms with van der Waals surface area (Å²) in [6.45, 7) is 3.31. The molecule has 2 N–H and O–H groups in total. The Morgan fingerprint density at radius 3 is 2.58 bits per heavy atom. The van der Waals surface area contributed by atoms with Crippen LogP contribution in [0.15, 0.2) is 0 Å². The number of rotatable bonds is 2. The molecule has 0 radical (unpaired) electrons. The second kappa shape index (κ2) is 5.31. The molecule has 3 unspecified atom stereocenters. The highest BCUT2D eigenvalue weighted by molar-refractivity contribution is 5.80. The van der Waals surface area contributed by atoms with Crippen molar-refractivity contribution >= 4 is 5.91 Å². The van der Waals surface area contributed by atoms with Crippen molar-refractivity contribution in [3.63, 3.8) is 0 Å². The molecule has 1 heterocycles. The van der Waals surface area contributed by atoms with E-state index < -0.39 is 29.5 Å². The average Bonchev–Trinajstić information content (AvgIpc) is 2.74. The minimum Gasteiger partial charge on any atom is -0.349 e. The molecule has 2 aliphatic rings. The van der Waals surface area contributed by atoms with Crippen LogP contribution >= 0.6 is 0 Å². The van der Waals surface area contributed by atoms with Crippen LogP contribution in [0.5, 0.6) is 0 Å². The van der Waals surface area contributed by atoms with Crippen molar-refractivity contribution in [3.05, 3.63) is 0 Å². The van der Waals surface area contributed by atoms with Gasteiger partial charge in [0.25, 0.3) is 0 Å². The van der Waals surface area contributed by atoms with Crippen molar-refractivity contribution in [1.29, 1.82) is 0 Å². The van der Waals surface area contributed by atoms with E-state index in [0.29, 0.717) is 25.8 Å². The molecule has 2 rings (SSSR count). The minimum absolute atomic E-state index is 0.0799. The second-order valence-electron chi connectivity index (χ2n) is 6.02. The maximum absolute atomic E-state index is 13.0. The Labute approximate surface area is 111 Å². The van der Waals surface area contributed by atoms with Crippen LogP contribution in [0, 0.1) is 11.8 Å². The highest BCUT2D eigenvalue weighted by Gasteiger charge is 2.48. The number of hydrogen-bond acceptors (Lipinski definition) is 2. The van der Waals surface area contributed by atoms with E-state index in [1.165, 1.54) is 0 Å². The van der Waals surface area contributed by atoms with E-state index in [-0.39, 0.29) is 6.42 Å². The second-order valence-corrected chi connectivity index (χ2v) is 6.02. The predicted octanol–water partition coefficient (Wildman–Crippen LogP) is 2.22. The van der Waals surface area contributed by atoms with Crippen LogP contribution in [-0.4, -0.2) is 30.7 Å². The van der Waals surface area contributed by atoms with Gasteiger partial charge in [-0.05, 0) is 32.7 Å². The van der Waals surface area contributed by atoms with E-state index >= 15 is 0 Å². The Kier molecular flexibility index (Phi) is 4.08. The van der Waals surface area contributed by atoms with Crippen molar-refractivity contribution in [3.8, 4) is 0 Å². The highest BCUT2D eigenvalue weighted by Crippen LogP contribution is 2.41. The molecule has 6 heteroatoms. The van der Waals surface area contributed by atoms with Gasteiger partial charge >= 0.3 is 6.18 Å². The first-order valence-electron chi connectivity index (χ1n) is 6.91. The monoisotopic (exact) mass is 278 g/mol. The average molecular weight is 278 g/mol. The lowest BCUT2D eigenvalue weighted by molar-refractivity contribution is -0.198. The molecule has 0 bridgehead atoms. The number of carbonyl (C=O) groups excluding carboxylic acids is 1. The van der Waals surface area contributed by atoms with Gasteiger partial charge in [0.05, 0.1) is 11.5 Å². The van der Waals surface area contributed by atoms with Gasteiger partial charge in [-0.25, -0.2) is 0 Å². The molecule has 3 atom stereocenters. The molecule has 0 aromatic carbocycles. The van der Waals surface area contributed by atoms with Gasteiger partial charge in [-0.15, -0.1) is 0 Å². The van der Waals surface area contributed by atoms with E-state index in [0.717, 1.165) is 13.0 Å². The van der Waals surface area contributed by atoms with Gasteiger partial charge in [0.15, 0.2) is 0 Å². The summed E-state index contributed by atoms with van der Waals surface area (Å²) in [6.07, 6.45) is -1.80. The molecule has 110 valence electrons. The third-order valence-corrected chi connectivity index (χ3v) is 4.32. The van der Waals surface area contributed by atoms with Gasteiger partial charge in [0.1, 0.15) is 0 Å². The maximum Gasteiger partial charge on any atom is 0.392 e. The Morgan fingerprint density at radius 1 is 1.32 bits per heavy atom. The fourth-order valence-electron chi connectivity index (χ4n) is 3.15. The fraction of sp³-hybridized carbons (Fsp3) is 0.923. The van der Waals surface area contributed by atoms with E-state index in [4.69, 9.17) is 0 Å². The zero-order valence-electron chi connectivity index (χ0n) is 11.1.